The predicted molar refractivity (Wildman–Crippen MR) is 77.5 cm³/mol. The Morgan fingerprint density at radius 2 is 2.38 bits per heavy atom. The number of nitrogens with zero attached hydrogens (tertiary/aromatic N) is 2. The molecule has 0 aliphatic carbocycles. The van der Waals surface area contributed by atoms with Crippen LogP contribution in [0.3, 0.4) is 0 Å². The fourth-order valence-corrected chi connectivity index (χ4v) is 2.85. The minimum absolute atomic E-state index is 0.0746. The quantitative estimate of drug-likeness (QED) is 0.932. The Balaban J connectivity index is 1.71. The smallest absolute Gasteiger partial charge is 0.271 e. The van der Waals surface area contributed by atoms with Gasteiger partial charge in [0.1, 0.15) is 11.8 Å². The van der Waals surface area contributed by atoms with Crippen molar-refractivity contribution in [1.82, 2.24) is 15.3 Å². The van der Waals surface area contributed by atoms with E-state index in [0.29, 0.717) is 18.2 Å². The van der Waals surface area contributed by atoms with Gasteiger partial charge in [0, 0.05) is 29.8 Å². The summed E-state index contributed by atoms with van der Waals surface area (Å²) < 4.78 is 10.8. The number of carbonyl (C=O) groups excluding carboxylic acids is 1. The molecule has 0 spiro atoms. The van der Waals surface area contributed by atoms with E-state index < -0.39 is 0 Å². The van der Waals surface area contributed by atoms with Gasteiger partial charge in [0.2, 0.25) is 5.88 Å². The lowest BCUT2D eigenvalue weighted by Gasteiger charge is -2.19. The lowest BCUT2D eigenvalue weighted by molar-refractivity contribution is 0.0817. The Bertz CT molecular complexity index is 600. The largest absolute Gasteiger partial charge is 0.481 e. The summed E-state index contributed by atoms with van der Waals surface area (Å²) in [6.07, 6.45) is 2.30. The molecule has 2 aromatic heterocycles. The maximum absolute atomic E-state index is 12.1. The molecule has 0 saturated carbocycles. The van der Waals surface area contributed by atoms with Crippen molar-refractivity contribution in [3.8, 4) is 5.88 Å². The highest BCUT2D eigenvalue weighted by molar-refractivity contribution is 7.07. The number of carbonyl (C=O) groups is 1. The summed E-state index contributed by atoms with van der Waals surface area (Å²) in [5.41, 5.74) is 3.01. The second-order valence-electron chi connectivity index (χ2n) is 4.67. The number of aromatic nitrogens is 2. The van der Waals surface area contributed by atoms with Gasteiger partial charge in [-0.15, -0.1) is 11.3 Å². The maximum Gasteiger partial charge on any atom is 0.271 e. The predicted octanol–water partition coefficient (Wildman–Crippen LogP) is 1.81. The lowest BCUT2D eigenvalue weighted by atomic mass is 10.0. The summed E-state index contributed by atoms with van der Waals surface area (Å²) in [4.78, 5) is 20.3. The molecule has 21 heavy (non-hydrogen) atoms. The van der Waals surface area contributed by atoms with Gasteiger partial charge < -0.3 is 14.8 Å². The molecular weight excluding hydrogens is 290 g/mol. The molecule has 7 heteroatoms. The normalized spacial score (nSPS) is 21.2. The van der Waals surface area contributed by atoms with Crippen LogP contribution in [-0.2, 0) is 4.74 Å². The van der Waals surface area contributed by atoms with E-state index in [1.165, 1.54) is 11.3 Å². The van der Waals surface area contributed by atoms with Crippen LogP contribution >= 0.6 is 11.3 Å². The van der Waals surface area contributed by atoms with Crippen LogP contribution in [-0.4, -0.2) is 35.6 Å². The number of rotatable bonds is 4. The first kappa shape index (κ1) is 14.0. The first-order chi connectivity index (χ1) is 10.3. The molecule has 0 unspecified atom stereocenters. The van der Waals surface area contributed by atoms with Crippen molar-refractivity contribution in [3.05, 3.63) is 40.5 Å². The fourth-order valence-electron chi connectivity index (χ4n) is 2.31. The van der Waals surface area contributed by atoms with Gasteiger partial charge in [-0.25, -0.2) is 9.97 Å². The summed E-state index contributed by atoms with van der Waals surface area (Å²) in [6, 6.07) is 3.62. The number of hydrogen-bond donors (Lipinski definition) is 1. The van der Waals surface area contributed by atoms with E-state index in [4.69, 9.17) is 9.47 Å². The van der Waals surface area contributed by atoms with E-state index in [1.807, 2.05) is 6.07 Å². The van der Waals surface area contributed by atoms with Gasteiger partial charge in [-0.2, -0.15) is 0 Å². The van der Waals surface area contributed by atoms with Crippen molar-refractivity contribution in [2.75, 3.05) is 13.7 Å². The fraction of sp³-hybridized carbons (Fsp3) is 0.357. The van der Waals surface area contributed by atoms with Crippen LogP contribution in [0.4, 0.5) is 0 Å². The lowest BCUT2D eigenvalue weighted by Crippen LogP contribution is -2.37. The SMILES string of the molecule is COc1ccc([C@H]2OCC[C@@H]2NC(=O)c2cscn2)cn1. The zero-order valence-electron chi connectivity index (χ0n) is 11.5. The average Bonchev–Trinajstić information content (AvgIpc) is 3.19. The van der Waals surface area contributed by atoms with E-state index in [1.54, 1.807) is 30.3 Å². The van der Waals surface area contributed by atoms with Crippen LogP contribution in [0.2, 0.25) is 0 Å². The molecule has 3 rings (SSSR count). The van der Waals surface area contributed by atoms with Gasteiger partial charge in [-0.3, -0.25) is 4.79 Å². The molecule has 0 bridgehead atoms. The molecule has 110 valence electrons. The van der Waals surface area contributed by atoms with Gasteiger partial charge in [0.15, 0.2) is 0 Å². The van der Waals surface area contributed by atoms with Crippen LogP contribution in [0.15, 0.2) is 29.2 Å². The van der Waals surface area contributed by atoms with Crippen molar-refractivity contribution < 1.29 is 14.3 Å². The number of nitrogens with one attached hydrogen (secondary N) is 1. The molecule has 1 amide bonds. The summed E-state index contributed by atoms with van der Waals surface area (Å²) in [5, 5.41) is 4.71. The topological polar surface area (TPSA) is 73.3 Å². The van der Waals surface area contributed by atoms with E-state index in [-0.39, 0.29) is 18.1 Å². The van der Waals surface area contributed by atoms with Crippen molar-refractivity contribution in [1.29, 1.82) is 0 Å². The summed E-state index contributed by atoms with van der Waals surface area (Å²) in [5.74, 6) is 0.387. The zero-order chi connectivity index (χ0) is 14.7. The Morgan fingerprint density at radius 1 is 1.48 bits per heavy atom. The number of amides is 1. The Kier molecular flexibility index (Phi) is 4.12. The highest BCUT2D eigenvalue weighted by Crippen LogP contribution is 2.29. The molecule has 3 heterocycles. The van der Waals surface area contributed by atoms with E-state index in [2.05, 4.69) is 15.3 Å². The molecule has 0 radical (unpaired) electrons. The van der Waals surface area contributed by atoms with Crippen LogP contribution in [0.25, 0.3) is 0 Å². The molecule has 1 saturated heterocycles. The third kappa shape index (κ3) is 3.03. The molecular formula is C14H15N3O3S. The number of methoxy groups -OCH3 is 1. The Hall–Kier alpha value is -1.99. The molecule has 6 nitrogen and oxygen atoms in total. The highest BCUT2D eigenvalue weighted by Gasteiger charge is 2.31. The van der Waals surface area contributed by atoms with Crippen molar-refractivity contribution in [3.63, 3.8) is 0 Å². The van der Waals surface area contributed by atoms with Crippen LogP contribution in [0, 0.1) is 0 Å². The van der Waals surface area contributed by atoms with Gasteiger partial charge in [-0.05, 0) is 12.5 Å². The van der Waals surface area contributed by atoms with Crippen molar-refractivity contribution >= 4 is 17.2 Å². The van der Waals surface area contributed by atoms with E-state index in [0.717, 1.165) is 12.0 Å². The zero-order valence-corrected chi connectivity index (χ0v) is 12.3. The van der Waals surface area contributed by atoms with E-state index >= 15 is 0 Å². The van der Waals surface area contributed by atoms with Gasteiger partial charge >= 0.3 is 0 Å². The van der Waals surface area contributed by atoms with Crippen LogP contribution < -0.4 is 10.1 Å². The first-order valence-electron chi connectivity index (χ1n) is 6.58. The molecule has 1 aliphatic heterocycles. The molecule has 2 aromatic rings. The standard InChI is InChI=1S/C14H15N3O3S/c1-19-12-3-2-9(6-15-12)13-10(4-5-20-13)17-14(18)11-7-21-8-16-11/h2-3,6-8,10,13H,4-5H2,1H3,(H,17,18)/t10-,13+/m0/s1. The minimum Gasteiger partial charge on any atom is -0.481 e. The third-order valence-electron chi connectivity index (χ3n) is 3.37. The second-order valence-corrected chi connectivity index (χ2v) is 5.39. The van der Waals surface area contributed by atoms with Crippen LogP contribution in [0.1, 0.15) is 28.6 Å². The summed E-state index contributed by atoms with van der Waals surface area (Å²) >= 11 is 1.40. The molecule has 0 aromatic carbocycles. The number of ether oxygens (including phenoxy) is 2. The van der Waals surface area contributed by atoms with E-state index in [9.17, 15) is 4.79 Å². The maximum atomic E-state index is 12.1. The van der Waals surface area contributed by atoms with Crippen molar-refractivity contribution in [2.24, 2.45) is 0 Å². The van der Waals surface area contributed by atoms with Gasteiger partial charge in [-0.1, -0.05) is 0 Å². The number of hydrogen-bond acceptors (Lipinski definition) is 6. The minimum atomic E-state index is -0.189. The summed E-state index contributed by atoms with van der Waals surface area (Å²) in [7, 11) is 1.57. The van der Waals surface area contributed by atoms with Gasteiger partial charge in [0.25, 0.3) is 5.91 Å². The number of thiazole rings is 1. The van der Waals surface area contributed by atoms with Gasteiger partial charge in [0.05, 0.1) is 18.7 Å². The monoisotopic (exact) mass is 305 g/mol. The third-order valence-corrected chi connectivity index (χ3v) is 3.96. The van der Waals surface area contributed by atoms with Crippen molar-refractivity contribution in [2.45, 2.75) is 18.6 Å². The first-order valence-corrected chi connectivity index (χ1v) is 7.53. The summed E-state index contributed by atoms with van der Waals surface area (Å²) in [6.45, 7) is 0.610. The van der Waals surface area contributed by atoms with Crippen LogP contribution in [0.5, 0.6) is 5.88 Å². The second kappa shape index (κ2) is 6.19. The highest BCUT2D eigenvalue weighted by atomic mass is 32.1. The molecule has 1 N–H and O–H groups in total. The average molecular weight is 305 g/mol. The number of pyridine rings is 1. The molecule has 2 atom stereocenters. The Labute approximate surface area is 126 Å². The molecule has 1 fully saturated rings. The molecule has 1 aliphatic rings. The Morgan fingerprint density at radius 3 is 3.05 bits per heavy atom.